The summed E-state index contributed by atoms with van der Waals surface area (Å²) in [5.74, 6) is 0.501. The summed E-state index contributed by atoms with van der Waals surface area (Å²) in [5.41, 5.74) is 1.86. The predicted molar refractivity (Wildman–Crippen MR) is 117 cm³/mol. The average Bonchev–Trinajstić information content (AvgIpc) is 3.43. The van der Waals surface area contributed by atoms with Crippen LogP contribution in [0.4, 0.5) is 15.7 Å². The van der Waals surface area contributed by atoms with E-state index in [2.05, 4.69) is 15.6 Å². The molecule has 9 nitrogen and oxygen atoms in total. The van der Waals surface area contributed by atoms with E-state index in [-0.39, 0.29) is 37.0 Å². The number of carbonyl (C=O) groups is 3. The molecule has 2 aromatic rings. The summed E-state index contributed by atoms with van der Waals surface area (Å²) in [5, 5.41) is 6.56. The Hall–Kier alpha value is -3.01. The summed E-state index contributed by atoms with van der Waals surface area (Å²) in [6, 6.07) is 5.35. The maximum Gasteiger partial charge on any atom is 0.324 e. The Morgan fingerprint density at radius 1 is 1.29 bits per heavy atom. The van der Waals surface area contributed by atoms with Crippen molar-refractivity contribution in [3.8, 4) is 0 Å². The number of amides is 4. The first-order valence-electron chi connectivity index (χ1n) is 10.5. The zero-order chi connectivity index (χ0) is 22.0. The highest BCUT2D eigenvalue weighted by Crippen LogP contribution is 2.33. The Labute approximate surface area is 184 Å². The van der Waals surface area contributed by atoms with E-state index in [1.807, 2.05) is 36.9 Å². The number of nitrogens with zero attached hydrogens (tertiary/aromatic N) is 4. The second-order valence-electron chi connectivity index (χ2n) is 7.79. The van der Waals surface area contributed by atoms with Crippen LogP contribution < -0.4 is 10.6 Å². The molecule has 0 bridgehead atoms. The summed E-state index contributed by atoms with van der Waals surface area (Å²) in [6.07, 6.45) is 2.54. The number of hydrogen-bond acceptors (Lipinski definition) is 7. The number of aryl methyl sites for hydroxylation is 2. The number of carbonyl (C=O) groups excluding carboxylic acids is 3. The fourth-order valence-corrected chi connectivity index (χ4v) is 4.75. The van der Waals surface area contributed by atoms with Crippen LogP contribution in [0.25, 0.3) is 0 Å². The van der Waals surface area contributed by atoms with Gasteiger partial charge in [-0.05, 0) is 45.2 Å². The molecule has 0 aromatic carbocycles. The van der Waals surface area contributed by atoms with Gasteiger partial charge in [-0.15, -0.1) is 11.3 Å². The third-order valence-corrected chi connectivity index (χ3v) is 6.65. The van der Waals surface area contributed by atoms with Crippen LogP contribution in [0, 0.1) is 13.8 Å². The number of urea groups is 1. The Morgan fingerprint density at radius 3 is 2.84 bits per heavy atom. The molecule has 164 valence electrons. The lowest BCUT2D eigenvalue weighted by atomic mass is 10.1. The van der Waals surface area contributed by atoms with Gasteiger partial charge < -0.3 is 15.5 Å². The van der Waals surface area contributed by atoms with E-state index in [9.17, 15) is 14.4 Å². The minimum atomic E-state index is -0.379. The Morgan fingerprint density at radius 2 is 2.13 bits per heavy atom. The maximum atomic E-state index is 12.9. The van der Waals surface area contributed by atoms with E-state index in [4.69, 9.17) is 4.98 Å². The van der Waals surface area contributed by atoms with Crippen LogP contribution >= 0.6 is 11.3 Å². The highest BCUT2D eigenvalue weighted by atomic mass is 32.1. The Balaban J connectivity index is 1.38. The van der Waals surface area contributed by atoms with E-state index < -0.39 is 0 Å². The van der Waals surface area contributed by atoms with Crippen molar-refractivity contribution in [2.45, 2.75) is 45.6 Å². The van der Waals surface area contributed by atoms with Crippen LogP contribution in [-0.2, 0) is 9.59 Å². The SMILES string of the molecule is Cc1nc(Nc2cccc([C@@H]3CCCN3C(=O)CCCN3C(=O)CNC3=O)n2)sc1C. The molecular formula is C21H26N6O3S. The molecule has 10 heteroatoms. The lowest BCUT2D eigenvalue weighted by molar-refractivity contribution is -0.133. The lowest BCUT2D eigenvalue weighted by Crippen LogP contribution is -2.34. The molecule has 2 aliphatic heterocycles. The fourth-order valence-electron chi connectivity index (χ4n) is 3.93. The molecule has 0 spiro atoms. The van der Waals surface area contributed by atoms with E-state index in [0.717, 1.165) is 29.4 Å². The van der Waals surface area contributed by atoms with Crippen LogP contribution in [0.1, 0.15) is 48.0 Å². The number of anilines is 2. The number of rotatable bonds is 7. The maximum absolute atomic E-state index is 12.9. The molecule has 0 saturated carbocycles. The molecule has 1 atom stereocenters. The Kier molecular flexibility index (Phi) is 6.17. The number of likely N-dealkylation sites (tertiary alicyclic amines) is 1. The number of imide groups is 1. The van der Waals surface area contributed by atoms with E-state index in [1.165, 1.54) is 9.78 Å². The monoisotopic (exact) mass is 442 g/mol. The zero-order valence-corrected chi connectivity index (χ0v) is 18.5. The van der Waals surface area contributed by atoms with Gasteiger partial charge in [-0.1, -0.05) is 6.07 Å². The molecule has 2 aromatic heterocycles. The van der Waals surface area contributed by atoms with Crippen LogP contribution in [0.15, 0.2) is 18.2 Å². The highest BCUT2D eigenvalue weighted by Gasteiger charge is 2.32. The summed E-state index contributed by atoms with van der Waals surface area (Å²) in [7, 11) is 0. The van der Waals surface area contributed by atoms with Gasteiger partial charge in [0.2, 0.25) is 11.8 Å². The van der Waals surface area contributed by atoms with E-state index in [0.29, 0.717) is 25.2 Å². The normalized spacial score (nSPS) is 18.6. The second kappa shape index (κ2) is 9.01. The van der Waals surface area contributed by atoms with Crippen molar-refractivity contribution in [2.24, 2.45) is 0 Å². The van der Waals surface area contributed by atoms with Crippen molar-refractivity contribution in [3.05, 3.63) is 34.5 Å². The number of aromatic nitrogens is 2. The molecular weight excluding hydrogens is 416 g/mol. The quantitative estimate of drug-likeness (QED) is 0.639. The molecule has 2 fully saturated rings. The first-order valence-corrected chi connectivity index (χ1v) is 11.3. The first-order chi connectivity index (χ1) is 14.9. The lowest BCUT2D eigenvalue weighted by Gasteiger charge is -2.25. The molecule has 4 heterocycles. The van der Waals surface area contributed by atoms with Gasteiger partial charge in [0.05, 0.1) is 24.0 Å². The molecule has 2 aliphatic rings. The van der Waals surface area contributed by atoms with Gasteiger partial charge in [-0.2, -0.15) is 0 Å². The molecule has 4 amide bonds. The number of hydrogen-bond donors (Lipinski definition) is 2. The summed E-state index contributed by atoms with van der Waals surface area (Å²) in [4.78, 5) is 49.6. The standard InChI is InChI=1S/C21H26N6O3S/c1-13-14(2)31-20(23-13)25-17-8-3-6-15(24-17)16-7-4-10-26(16)18(28)9-5-11-27-19(29)12-22-21(27)30/h3,6,8,16H,4-5,7,9-12H2,1-2H3,(H,22,30)(H,23,24,25)/t16-/m0/s1. The molecule has 31 heavy (non-hydrogen) atoms. The van der Waals surface area contributed by atoms with Gasteiger partial charge in [0.15, 0.2) is 5.13 Å². The number of nitrogens with one attached hydrogen (secondary N) is 2. The molecule has 2 N–H and O–H groups in total. The number of pyridine rings is 1. The third-order valence-electron chi connectivity index (χ3n) is 5.66. The molecule has 0 radical (unpaired) electrons. The van der Waals surface area contributed by atoms with E-state index in [1.54, 1.807) is 11.3 Å². The van der Waals surface area contributed by atoms with Gasteiger partial charge >= 0.3 is 6.03 Å². The summed E-state index contributed by atoms with van der Waals surface area (Å²) >= 11 is 1.59. The average molecular weight is 443 g/mol. The van der Waals surface area contributed by atoms with Gasteiger partial charge in [0.25, 0.3) is 0 Å². The topological polar surface area (TPSA) is 108 Å². The van der Waals surface area contributed by atoms with Crippen LogP contribution in [-0.4, -0.2) is 57.2 Å². The van der Waals surface area contributed by atoms with Crippen molar-refractivity contribution < 1.29 is 14.4 Å². The van der Waals surface area contributed by atoms with Crippen molar-refractivity contribution in [2.75, 3.05) is 25.0 Å². The Bertz CT molecular complexity index is 971. The van der Waals surface area contributed by atoms with Crippen molar-refractivity contribution in [1.29, 1.82) is 0 Å². The molecule has 0 unspecified atom stereocenters. The largest absolute Gasteiger partial charge is 0.334 e. The molecule has 0 aliphatic carbocycles. The van der Waals surface area contributed by atoms with Crippen molar-refractivity contribution >= 4 is 40.1 Å². The summed E-state index contributed by atoms with van der Waals surface area (Å²) < 4.78 is 0. The molecule has 4 rings (SSSR count). The minimum Gasteiger partial charge on any atom is -0.334 e. The number of thiazole rings is 1. The third kappa shape index (κ3) is 4.68. The van der Waals surface area contributed by atoms with Gasteiger partial charge in [-0.3, -0.25) is 14.5 Å². The van der Waals surface area contributed by atoms with Crippen LogP contribution in [0.3, 0.4) is 0 Å². The highest BCUT2D eigenvalue weighted by molar-refractivity contribution is 7.15. The fraction of sp³-hybridized carbons (Fsp3) is 0.476. The van der Waals surface area contributed by atoms with E-state index >= 15 is 0 Å². The smallest absolute Gasteiger partial charge is 0.324 e. The second-order valence-corrected chi connectivity index (χ2v) is 8.99. The van der Waals surface area contributed by atoms with Gasteiger partial charge in [-0.25, -0.2) is 14.8 Å². The van der Waals surface area contributed by atoms with Crippen LogP contribution in [0.2, 0.25) is 0 Å². The predicted octanol–water partition coefficient (Wildman–Crippen LogP) is 2.89. The first kappa shape index (κ1) is 21.2. The van der Waals surface area contributed by atoms with Crippen molar-refractivity contribution in [3.63, 3.8) is 0 Å². The van der Waals surface area contributed by atoms with Gasteiger partial charge in [0.1, 0.15) is 5.82 Å². The summed E-state index contributed by atoms with van der Waals surface area (Å²) in [6.45, 7) is 5.01. The van der Waals surface area contributed by atoms with Gasteiger partial charge in [0, 0.05) is 24.4 Å². The minimum absolute atomic E-state index is 0.0286. The molecule has 2 saturated heterocycles. The van der Waals surface area contributed by atoms with Crippen molar-refractivity contribution in [1.82, 2.24) is 25.1 Å². The van der Waals surface area contributed by atoms with Crippen LogP contribution in [0.5, 0.6) is 0 Å². The zero-order valence-electron chi connectivity index (χ0n) is 17.7.